The molecule has 3 rings (SSSR count). The standard InChI is InChI=1S/C18H15ClF3N3O2/c1-27-15-8-12(4-7-14(15)19)17-24-23-16(10-26)25(17)9-11-2-5-13(6-3-11)18(20,21)22/h2-8,10,16,23H,9H2,1H3. The number of halogens is 4. The van der Waals surface area contributed by atoms with Crippen molar-refractivity contribution in [3.63, 3.8) is 0 Å². The number of methoxy groups -OCH3 is 1. The van der Waals surface area contributed by atoms with Gasteiger partial charge in [-0.25, -0.2) is 0 Å². The van der Waals surface area contributed by atoms with Crippen LogP contribution in [0.5, 0.6) is 5.75 Å². The molecule has 0 aromatic heterocycles. The Kier molecular flexibility index (Phi) is 5.27. The summed E-state index contributed by atoms with van der Waals surface area (Å²) in [4.78, 5) is 13.0. The summed E-state index contributed by atoms with van der Waals surface area (Å²) in [6.45, 7) is 0.193. The van der Waals surface area contributed by atoms with Gasteiger partial charge in [-0.05, 0) is 35.9 Å². The minimum Gasteiger partial charge on any atom is -0.495 e. The smallest absolute Gasteiger partial charge is 0.416 e. The van der Waals surface area contributed by atoms with E-state index in [0.29, 0.717) is 34.0 Å². The fraction of sp³-hybridized carbons (Fsp3) is 0.222. The lowest BCUT2D eigenvalue weighted by molar-refractivity contribution is -0.137. The highest BCUT2D eigenvalue weighted by molar-refractivity contribution is 6.32. The first kappa shape index (κ1) is 19.0. The minimum absolute atomic E-state index is 0.193. The predicted molar refractivity (Wildman–Crippen MR) is 94.5 cm³/mol. The summed E-state index contributed by atoms with van der Waals surface area (Å²) in [5, 5.41) is 4.61. The topological polar surface area (TPSA) is 53.9 Å². The van der Waals surface area contributed by atoms with Crippen LogP contribution in [0.3, 0.4) is 0 Å². The Labute approximate surface area is 158 Å². The average molecular weight is 398 g/mol. The van der Waals surface area contributed by atoms with E-state index in [1.165, 1.54) is 19.2 Å². The van der Waals surface area contributed by atoms with Crippen LogP contribution in [-0.4, -0.2) is 30.3 Å². The highest BCUT2D eigenvalue weighted by Gasteiger charge is 2.31. The van der Waals surface area contributed by atoms with E-state index in [1.54, 1.807) is 23.1 Å². The first-order chi connectivity index (χ1) is 12.8. The second-order valence-corrected chi connectivity index (χ2v) is 6.22. The molecule has 0 amide bonds. The molecule has 1 N–H and O–H groups in total. The molecule has 1 unspecified atom stereocenters. The average Bonchev–Trinajstić information content (AvgIpc) is 3.04. The van der Waals surface area contributed by atoms with Crippen LogP contribution in [0.1, 0.15) is 16.7 Å². The zero-order chi connectivity index (χ0) is 19.6. The number of nitrogens with one attached hydrogen (secondary N) is 1. The van der Waals surface area contributed by atoms with Crippen LogP contribution in [-0.2, 0) is 17.5 Å². The molecule has 0 aliphatic carbocycles. The lowest BCUT2D eigenvalue weighted by Crippen LogP contribution is -2.41. The van der Waals surface area contributed by atoms with Crippen LogP contribution in [0, 0.1) is 0 Å². The van der Waals surface area contributed by atoms with Gasteiger partial charge in [0.25, 0.3) is 0 Å². The summed E-state index contributed by atoms with van der Waals surface area (Å²) in [5.41, 5.74) is 3.23. The number of amidine groups is 1. The lowest BCUT2D eigenvalue weighted by atomic mass is 10.1. The summed E-state index contributed by atoms with van der Waals surface area (Å²) < 4.78 is 43.4. The monoisotopic (exact) mass is 397 g/mol. The number of benzene rings is 2. The summed E-state index contributed by atoms with van der Waals surface area (Å²) in [5.74, 6) is 0.905. The molecule has 5 nitrogen and oxygen atoms in total. The molecule has 0 radical (unpaired) electrons. The maximum absolute atomic E-state index is 12.7. The van der Waals surface area contributed by atoms with E-state index in [4.69, 9.17) is 16.3 Å². The van der Waals surface area contributed by atoms with Gasteiger partial charge in [0.1, 0.15) is 5.75 Å². The Balaban J connectivity index is 1.87. The van der Waals surface area contributed by atoms with Crippen LogP contribution in [0.15, 0.2) is 47.6 Å². The van der Waals surface area contributed by atoms with Crippen LogP contribution < -0.4 is 10.2 Å². The molecule has 0 fully saturated rings. The van der Waals surface area contributed by atoms with Crippen molar-refractivity contribution in [2.24, 2.45) is 5.10 Å². The number of alkyl halides is 3. The van der Waals surface area contributed by atoms with Crippen molar-refractivity contribution in [2.45, 2.75) is 18.9 Å². The normalized spacial score (nSPS) is 16.7. The molecule has 1 heterocycles. The fourth-order valence-corrected chi connectivity index (χ4v) is 2.89. The van der Waals surface area contributed by atoms with Crippen molar-refractivity contribution in [3.05, 3.63) is 64.2 Å². The quantitative estimate of drug-likeness (QED) is 0.782. The largest absolute Gasteiger partial charge is 0.495 e. The summed E-state index contributed by atoms with van der Waals surface area (Å²) in [7, 11) is 1.48. The zero-order valence-corrected chi connectivity index (χ0v) is 14.9. The molecule has 9 heteroatoms. The second-order valence-electron chi connectivity index (χ2n) is 5.82. The number of aldehydes is 1. The van der Waals surface area contributed by atoms with Gasteiger partial charge in [0.05, 0.1) is 17.7 Å². The van der Waals surface area contributed by atoms with E-state index in [-0.39, 0.29) is 6.54 Å². The Hall–Kier alpha value is -2.74. The third kappa shape index (κ3) is 4.00. The second kappa shape index (κ2) is 7.48. The van der Waals surface area contributed by atoms with Crippen LogP contribution >= 0.6 is 11.6 Å². The number of hydrogen-bond acceptors (Lipinski definition) is 5. The summed E-state index contributed by atoms with van der Waals surface area (Å²) in [6.07, 6.45) is -4.46. The minimum atomic E-state index is -4.40. The zero-order valence-electron chi connectivity index (χ0n) is 14.1. The van der Waals surface area contributed by atoms with Gasteiger partial charge < -0.3 is 9.64 Å². The first-order valence-electron chi connectivity index (χ1n) is 7.88. The van der Waals surface area contributed by atoms with E-state index in [2.05, 4.69) is 10.5 Å². The van der Waals surface area contributed by atoms with Crippen molar-refractivity contribution < 1.29 is 22.7 Å². The molecule has 0 saturated carbocycles. The number of carbonyl (C=O) groups is 1. The van der Waals surface area contributed by atoms with Crippen molar-refractivity contribution in [1.29, 1.82) is 0 Å². The predicted octanol–water partition coefficient (Wildman–Crippen LogP) is 3.66. The fourth-order valence-electron chi connectivity index (χ4n) is 2.70. The van der Waals surface area contributed by atoms with Crippen molar-refractivity contribution in [1.82, 2.24) is 10.3 Å². The van der Waals surface area contributed by atoms with E-state index < -0.39 is 17.9 Å². The Morgan fingerprint density at radius 1 is 1.26 bits per heavy atom. The van der Waals surface area contributed by atoms with Crippen LogP contribution in [0.2, 0.25) is 5.02 Å². The molecule has 27 heavy (non-hydrogen) atoms. The molecule has 1 aliphatic heterocycles. The SMILES string of the molecule is COc1cc(C2=NNC(C=O)N2Cc2ccc(C(F)(F)F)cc2)ccc1Cl. The van der Waals surface area contributed by atoms with Crippen LogP contribution in [0.25, 0.3) is 0 Å². The molecule has 0 spiro atoms. The van der Waals surface area contributed by atoms with E-state index in [0.717, 1.165) is 12.1 Å². The third-order valence-electron chi connectivity index (χ3n) is 4.08. The maximum atomic E-state index is 12.7. The van der Waals surface area contributed by atoms with Gasteiger partial charge in [-0.1, -0.05) is 23.7 Å². The number of hydrazone groups is 1. The molecular weight excluding hydrogens is 383 g/mol. The lowest BCUT2D eigenvalue weighted by Gasteiger charge is -2.24. The number of nitrogens with zero attached hydrogens (tertiary/aromatic N) is 2. The molecule has 1 atom stereocenters. The van der Waals surface area contributed by atoms with Crippen molar-refractivity contribution in [2.75, 3.05) is 7.11 Å². The third-order valence-corrected chi connectivity index (χ3v) is 4.40. The van der Waals surface area contributed by atoms with E-state index >= 15 is 0 Å². The molecule has 0 saturated heterocycles. The Morgan fingerprint density at radius 3 is 2.56 bits per heavy atom. The number of rotatable bonds is 5. The molecule has 2 aromatic rings. The van der Waals surface area contributed by atoms with Crippen LogP contribution in [0.4, 0.5) is 13.2 Å². The number of hydrogen-bond donors (Lipinski definition) is 1. The summed E-state index contributed by atoms with van der Waals surface area (Å²) in [6, 6.07) is 9.82. The summed E-state index contributed by atoms with van der Waals surface area (Å²) >= 11 is 6.03. The number of ether oxygens (including phenoxy) is 1. The number of carbonyl (C=O) groups excluding carboxylic acids is 1. The van der Waals surface area contributed by atoms with Gasteiger partial charge in [0.2, 0.25) is 0 Å². The van der Waals surface area contributed by atoms with Gasteiger partial charge in [-0.2, -0.15) is 18.3 Å². The highest BCUT2D eigenvalue weighted by atomic mass is 35.5. The van der Waals surface area contributed by atoms with Gasteiger partial charge in [0, 0.05) is 12.1 Å². The molecule has 2 aromatic carbocycles. The van der Waals surface area contributed by atoms with Crippen molar-refractivity contribution in [3.8, 4) is 5.75 Å². The molecule has 142 valence electrons. The first-order valence-corrected chi connectivity index (χ1v) is 8.26. The van der Waals surface area contributed by atoms with E-state index in [9.17, 15) is 18.0 Å². The van der Waals surface area contributed by atoms with Gasteiger partial charge in [-0.3, -0.25) is 10.2 Å². The molecular formula is C18H15ClF3N3O2. The molecule has 0 bridgehead atoms. The maximum Gasteiger partial charge on any atom is 0.416 e. The van der Waals surface area contributed by atoms with Gasteiger partial charge in [-0.15, -0.1) is 0 Å². The van der Waals surface area contributed by atoms with E-state index in [1.807, 2.05) is 0 Å². The van der Waals surface area contributed by atoms with Crippen molar-refractivity contribution >= 4 is 23.7 Å². The van der Waals surface area contributed by atoms with Gasteiger partial charge >= 0.3 is 6.18 Å². The molecule has 1 aliphatic rings. The van der Waals surface area contributed by atoms with Gasteiger partial charge in [0.15, 0.2) is 18.3 Å². The Morgan fingerprint density at radius 2 is 1.96 bits per heavy atom. The Bertz CT molecular complexity index is 869. The highest BCUT2D eigenvalue weighted by Crippen LogP contribution is 2.30.